The molecule has 0 fully saturated rings. The van der Waals surface area contributed by atoms with Crippen molar-refractivity contribution in [2.45, 2.75) is 0 Å². The average molecular weight is 597 g/mol. The number of rotatable bonds is 10. The van der Waals surface area contributed by atoms with Gasteiger partial charge in [0.25, 0.3) is 0 Å². The highest BCUT2D eigenvalue weighted by molar-refractivity contribution is 6.06. The van der Waals surface area contributed by atoms with E-state index in [-0.39, 0.29) is 0 Å². The molecule has 0 saturated heterocycles. The van der Waals surface area contributed by atoms with Crippen molar-refractivity contribution < 1.29 is 38.0 Å². The molecule has 0 radical (unpaired) electrons. The second kappa shape index (κ2) is 16.4. The molecule has 10 heteroatoms. The maximum atomic E-state index is 12.5. The summed E-state index contributed by atoms with van der Waals surface area (Å²) in [6, 6.07) is 13.6. The van der Waals surface area contributed by atoms with Crippen LogP contribution in [0.3, 0.4) is 0 Å². The minimum Gasteiger partial charge on any atom is -0.493 e. The minimum atomic E-state index is -0.433. The Balaban J connectivity index is 1.64. The highest BCUT2D eigenvalue weighted by atomic mass is 16.5. The second-order valence-corrected chi connectivity index (χ2v) is 8.56. The number of amides is 2. The molecule has 0 aliphatic rings. The van der Waals surface area contributed by atoms with Gasteiger partial charge in [0.1, 0.15) is 0 Å². The monoisotopic (exact) mass is 596 g/mol. The smallest absolute Gasteiger partial charge is 0.249 e. The topological polar surface area (TPSA) is 114 Å². The van der Waals surface area contributed by atoms with E-state index in [1.54, 1.807) is 48.5 Å². The van der Waals surface area contributed by atoms with Crippen LogP contribution in [0.15, 0.2) is 72.8 Å². The number of nitrogens with one attached hydrogen (secondary N) is 2. The van der Waals surface area contributed by atoms with E-state index in [1.165, 1.54) is 67.0 Å². The molecule has 44 heavy (non-hydrogen) atoms. The number of para-hydroxylation sites is 2. The van der Waals surface area contributed by atoms with Crippen LogP contribution in [0, 0.1) is 23.7 Å². The molecule has 2 N–H and O–H groups in total. The lowest BCUT2D eigenvalue weighted by Crippen LogP contribution is -2.13. The zero-order valence-corrected chi connectivity index (χ0v) is 25.2. The zero-order chi connectivity index (χ0) is 31.9. The molecule has 0 saturated carbocycles. The molecular formula is C34H32N2O8. The molecule has 0 heterocycles. The Morgan fingerprint density at radius 3 is 1.20 bits per heavy atom. The first-order chi connectivity index (χ1) is 21.4. The molecule has 3 aromatic carbocycles. The normalized spacial score (nSPS) is 10.1. The third kappa shape index (κ3) is 8.75. The Labute approximate surface area is 256 Å². The van der Waals surface area contributed by atoms with Gasteiger partial charge in [-0.15, -0.1) is 0 Å². The Morgan fingerprint density at radius 1 is 0.568 bits per heavy atom. The zero-order valence-electron chi connectivity index (χ0n) is 25.2. The summed E-state index contributed by atoms with van der Waals surface area (Å²) < 4.78 is 31.9. The SMILES string of the molecule is COc1cc(C#C/C=C/C(=O)Nc2ccccc2NC(=O)/C=C/C#Cc2cc(OC)c(OC)c(OC)c2)cc(OC)c1OC. The molecule has 0 atom stereocenters. The summed E-state index contributed by atoms with van der Waals surface area (Å²) in [5, 5.41) is 5.47. The van der Waals surface area contributed by atoms with Crippen LogP contribution in [0.5, 0.6) is 34.5 Å². The van der Waals surface area contributed by atoms with Gasteiger partial charge in [0, 0.05) is 23.3 Å². The van der Waals surface area contributed by atoms with Gasteiger partial charge in [-0.25, -0.2) is 0 Å². The maximum Gasteiger partial charge on any atom is 0.249 e. The van der Waals surface area contributed by atoms with Crippen molar-refractivity contribution in [1.82, 2.24) is 0 Å². The number of hydrogen-bond acceptors (Lipinski definition) is 8. The molecule has 0 bridgehead atoms. The Bertz CT molecular complexity index is 1510. The average Bonchev–Trinajstić information content (AvgIpc) is 3.04. The molecule has 2 amide bonds. The van der Waals surface area contributed by atoms with E-state index in [1.807, 2.05) is 0 Å². The van der Waals surface area contributed by atoms with E-state index in [2.05, 4.69) is 34.3 Å². The number of methoxy groups -OCH3 is 6. The molecule has 3 aromatic rings. The van der Waals surface area contributed by atoms with Crippen LogP contribution in [0.25, 0.3) is 0 Å². The fourth-order valence-corrected chi connectivity index (χ4v) is 3.84. The second-order valence-electron chi connectivity index (χ2n) is 8.56. The van der Waals surface area contributed by atoms with Crippen molar-refractivity contribution in [3.8, 4) is 58.2 Å². The van der Waals surface area contributed by atoms with E-state index in [0.29, 0.717) is 57.0 Å². The van der Waals surface area contributed by atoms with Crippen LogP contribution in [-0.4, -0.2) is 54.5 Å². The molecule has 0 aromatic heterocycles. The maximum absolute atomic E-state index is 12.5. The van der Waals surface area contributed by atoms with Gasteiger partial charge in [-0.3, -0.25) is 9.59 Å². The molecule has 3 rings (SSSR count). The molecule has 226 valence electrons. The lowest BCUT2D eigenvalue weighted by atomic mass is 10.2. The summed E-state index contributed by atoms with van der Waals surface area (Å²) in [7, 11) is 9.10. The third-order valence-corrected chi connectivity index (χ3v) is 5.84. The van der Waals surface area contributed by atoms with E-state index in [4.69, 9.17) is 28.4 Å². The van der Waals surface area contributed by atoms with Gasteiger partial charge in [-0.1, -0.05) is 35.8 Å². The van der Waals surface area contributed by atoms with E-state index < -0.39 is 11.8 Å². The minimum absolute atomic E-state index is 0.407. The van der Waals surface area contributed by atoms with Gasteiger partial charge in [-0.2, -0.15) is 0 Å². The molecule has 0 aliphatic carbocycles. The van der Waals surface area contributed by atoms with Crippen molar-refractivity contribution in [1.29, 1.82) is 0 Å². The quantitative estimate of drug-likeness (QED) is 0.253. The van der Waals surface area contributed by atoms with Gasteiger partial charge in [0.2, 0.25) is 23.3 Å². The summed E-state index contributed by atoms with van der Waals surface area (Å²) in [6.07, 6.45) is 5.38. The summed E-state index contributed by atoms with van der Waals surface area (Å²) in [4.78, 5) is 25.1. The lowest BCUT2D eigenvalue weighted by molar-refractivity contribution is -0.112. The molecule has 0 spiro atoms. The van der Waals surface area contributed by atoms with Crippen molar-refractivity contribution >= 4 is 23.2 Å². The fourth-order valence-electron chi connectivity index (χ4n) is 3.84. The first-order valence-electron chi connectivity index (χ1n) is 13.0. The number of carbonyl (C=O) groups excluding carboxylic acids is 2. The first kappa shape index (κ1) is 32.5. The van der Waals surface area contributed by atoms with Crippen LogP contribution in [0.1, 0.15) is 11.1 Å². The summed E-state index contributed by atoms with van der Waals surface area (Å²) in [5.74, 6) is 13.4. The lowest BCUT2D eigenvalue weighted by Gasteiger charge is -2.12. The summed E-state index contributed by atoms with van der Waals surface area (Å²) in [5.41, 5.74) is 2.03. The van der Waals surface area contributed by atoms with Crippen molar-refractivity contribution in [3.63, 3.8) is 0 Å². The number of benzene rings is 3. The third-order valence-electron chi connectivity index (χ3n) is 5.84. The van der Waals surface area contributed by atoms with Crippen LogP contribution in [0.4, 0.5) is 11.4 Å². The Hall–Kier alpha value is -6.00. The van der Waals surface area contributed by atoms with Crippen molar-refractivity contribution in [2.75, 3.05) is 53.3 Å². The van der Waals surface area contributed by atoms with E-state index in [9.17, 15) is 9.59 Å². The van der Waals surface area contributed by atoms with Gasteiger partial charge in [0.15, 0.2) is 23.0 Å². The molecule has 0 unspecified atom stereocenters. The first-order valence-corrected chi connectivity index (χ1v) is 13.0. The van der Waals surface area contributed by atoms with Crippen LogP contribution in [0.2, 0.25) is 0 Å². The number of ether oxygens (including phenoxy) is 6. The number of allylic oxidation sites excluding steroid dienone is 2. The highest BCUT2D eigenvalue weighted by Crippen LogP contribution is 2.38. The fraction of sp³-hybridized carbons (Fsp3) is 0.176. The molecule has 0 aliphatic heterocycles. The van der Waals surface area contributed by atoms with Crippen molar-refractivity contribution in [2.24, 2.45) is 0 Å². The van der Waals surface area contributed by atoms with Gasteiger partial charge >= 0.3 is 0 Å². The van der Waals surface area contributed by atoms with Crippen LogP contribution >= 0.6 is 0 Å². The summed E-state index contributed by atoms with van der Waals surface area (Å²) in [6.45, 7) is 0. The number of anilines is 2. The number of carbonyl (C=O) groups is 2. The summed E-state index contributed by atoms with van der Waals surface area (Å²) >= 11 is 0. The van der Waals surface area contributed by atoms with Gasteiger partial charge < -0.3 is 39.1 Å². The largest absolute Gasteiger partial charge is 0.493 e. The van der Waals surface area contributed by atoms with Crippen LogP contribution < -0.4 is 39.1 Å². The predicted molar refractivity (Wildman–Crippen MR) is 168 cm³/mol. The Morgan fingerprint density at radius 2 is 0.909 bits per heavy atom. The van der Waals surface area contributed by atoms with Crippen molar-refractivity contribution in [3.05, 3.63) is 84.0 Å². The predicted octanol–water partition coefficient (Wildman–Crippen LogP) is 4.83. The molecule has 10 nitrogen and oxygen atoms in total. The van der Waals surface area contributed by atoms with Gasteiger partial charge in [0.05, 0.1) is 54.0 Å². The highest BCUT2D eigenvalue weighted by Gasteiger charge is 2.13. The standard InChI is InChI=1S/C34H32N2O8/c1-39-27-19-23(20-28(40-2)33(27)43-5)13-7-11-17-31(37)35-25-15-9-10-16-26(25)36-32(38)18-12-8-14-24-21-29(41-3)34(44-6)30(22-24)42-4/h9-12,15-22H,1-6H3,(H,35,37)(H,36,38)/b17-11+,18-12+. The Kier molecular flexibility index (Phi) is 12.2. The van der Waals surface area contributed by atoms with Crippen LogP contribution in [-0.2, 0) is 9.59 Å². The van der Waals surface area contributed by atoms with E-state index >= 15 is 0 Å². The number of hydrogen-bond donors (Lipinski definition) is 2. The molecular weight excluding hydrogens is 564 g/mol. The van der Waals surface area contributed by atoms with Gasteiger partial charge in [-0.05, 0) is 48.6 Å². The van der Waals surface area contributed by atoms with E-state index in [0.717, 1.165) is 0 Å².